The lowest BCUT2D eigenvalue weighted by Gasteiger charge is -2.22. The highest BCUT2D eigenvalue weighted by atomic mass is 16.3. The van der Waals surface area contributed by atoms with Gasteiger partial charge in [0.05, 0.1) is 12.4 Å². The molecule has 0 aliphatic heterocycles. The van der Waals surface area contributed by atoms with Crippen molar-refractivity contribution < 1.29 is 19.1 Å². The largest absolute Gasteiger partial charge is 0.459 e. The average molecular weight is 296 g/mol. The van der Waals surface area contributed by atoms with E-state index in [1.54, 1.807) is 6.07 Å². The lowest BCUT2D eigenvalue weighted by molar-refractivity contribution is -0.124. The van der Waals surface area contributed by atoms with Crippen molar-refractivity contribution in [2.45, 2.75) is 45.8 Å². The molecule has 0 aliphatic carbocycles. The van der Waals surface area contributed by atoms with Crippen molar-refractivity contribution in [1.29, 1.82) is 0 Å². The summed E-state index contributed by atoms with van der Waals surface area (Å²) in [7, 11) is 0. The molecular formula is C15H24N2O4. The molecule has 3 N–H and O–H groups in total. The van der Waals surface area contributed by atoms with Gasteiger partial charge in [-0.1, -0.05) is 27.2 Å². The molecule has 1 aromatic heterocycles. The zero-order chi connectivity index (χ0) is 15.8. The fourth-order valence-electron chi connectivity index (χ4n) is 1.92. The minimum absolute atomic E-state index is 0.0766. The third-order valence-electron chi connectivity index (χ3n) is 3.11. The SMILES string of the molecule is CCCC(O)CNC(=O)C(NC(=O)c1ccco1)C(C)C. The van der Waals surface area contributed by atoms with E-state index in [0.29, 0.717) is 6.42 Å². The summed E-state index contributed by atoms with van der Waals surface area (Å²) in [4.78, 5) is 24.1. The van der Waals surface area contributed by atoms with Gasteiger partial charge in [0.1, 0.15) is 6.04 Å². The van der Waals surface area contributed by atoms with Crippen LogP contribution in [0.3, 0.4) is 0 Å². The third kappa shape index (κ3) is 5.59. The number of amides is 2. The second-order valence-corrected chi connectivity index (χ2v) is 5.36. The van der Waals surface area contributed by atoms with Crippen LogP contribution in [-0.4, -0.2) is 35.6 Å². The summed E-state index contributed by atoms with van der Waals surface area (Å²) >= 11 is 0. The fourth-order valence-corrected chi connectivity index (χ4v) is 1.92. The van der Waals surface area contributed by atoms with Gasteiger partial charge in [0.15, 0.2) is 5.76 Å². The summed E-state index contributed by atoms with van der Waals surface area (Å²) < 4.78 is 5.00. The lowest BCUT2D eigenvalue weighted by Crippen LogP contribution is -2.50. The van der Waals surface area contributed by atoms with E-state index in [1.807, 2.05) is 20.8 Å². The van der Waals surface area contributed by atoms with E-state index in [1.165, 1.54) is 12.3 Å². The van der Waals surface area contributed by atoms with Gasteiger partial charge >= 0.3 is 0 Å². The molecule has 21 heavy (non-hydrogen) atoms. The van der Waals surface area contributed by atoms with Crippen molar-refractivity contribution in [3.8, 4) is 0 Å². The van der Waals surface area contributed by atoms with E-state index in [2.05, 4.69) is 10.6 Å². The first-order valence-corrected chi connectivity index (χ1v) is 7.25. The number of rotatable bonds is 8. The zero-order valence-electron chi connectivity index (χ0n) is 12.8. The molecule has 0 saturated heterocycles. The first-order valence-electron chi connectivity index (χ1n) is 7.25. The molecule has 2 unspecified atom stereocenters. The minimum atomic E-state index is -0.670. The molecule has 1 rings (SSSR count). The summed E-state index contributed by atoms with van der Waals surface area (Å²) in [5, 5.41) is 14.9. The summed E-state index contributed by atoms with van der Waals surface area (Å²) in [6, 6.07) is 2.48. The Morgan fingerprint density at radius 1 is 1.38 bits per heavy atom. The molecular weight excluding hydrogens is 272 g/mol. The van der Waals surface area contributed by atoms with Crippen LogP contribution in [0.1, 0.15) is 44.2 Å². The van der Waals surface area contributed by atoms with Gasteiger partial charge in [0.25, 0.3) is 5.91 Å². The Bertz CT molecular complexity index is 443. The smallest absolute Gasteiger partial charge is 0.287 e. The number of furan rings is 1. The zero-order valence-corrected chi connectivity index (χ0v) is 12.8. The molecule has 0 radical (unpaired) electrons. The van der Waals surface area contributed by atoms with Gasteiger partial charge in [0.2, 0.25) is 5.91 Å². The highest BCUT2D eigenvalue weighted by molar-refractivity contribution is 5.95. The van der Waals surface area contributed by atoms with Crippen LogP contribution in [0.5, 0.6) is 0 Å². The van der Waals surface area contributed by atoms with Crippen molar-refractivity contribution in [2.75, 3.05) is 6.54 Å². The molecule has 0 bridgehead atoms. The van der Waals surface area contributed by atoms with Gasteiger partial charge in [-0.15, -0.1) is 0 Å². The van der Waals surface area contributed by atoms with Gasteiger partial charge in [-0.2, -0.15) is 0 Å². The fraction of sp³-hybridized carbons (Fsp3) is 0.600. The summed E-state index contributed by atoms with van der Waals surface area (Å²) in [6.45, 7) is 5.84. The summed E-state index contributed by atoms with van der Waals surface area (Å²) in [5.41, 5.74) is 0. The monoisotopic (exact) mass is 296 g/mol. The average Bonchev–Trinajstić information content (AvgIpc) is 2.96. The Morgan fingerprint density at radius 3 is 2.62 bits per heavy atom. The van der Waals surface area contributed by atoms with Crippen molar-refractivity contribution >= 4 is 11.8 Å². The Morgan fingerprint density at radius 2 is 2.10 bits per heavy atom. The predicted molar refractivity (Wildman–Crippen MR) is 78.7 cm³/mol. The second-order valence-electron chi connectivity index (χ2n) is 5.36. The first kappa shape index (κ1) is 17.2. The molecule has 2 amide bonds. The molecule has 1 aromatic rings. The van der Waals surface area contributed by atoms with Crippen LogP contribution in [0.4, 0.5) is 0 Å². The molecule has 6 heteroatoms. The summed E-state index contributed by atoms with van der Waals surface area (Å²) in [6.07, 6.45) is 2.32. The molecule has 0 spiro atoms. The van der Waals surface area contributed by atoms with E-state index in [4.69, 9.17) is 4.42 Å². The third-order valence-corrected chi connectivity index (χ3v) is 3.11. The van der Waals surface area contributed by atoms with E-state index in [9.17, 15) is 14.7 Å². The van der Waals surface area contributed by atoms with E-state index < -0.39 is 18.1 Å². The first-order chi connectivity index (χ1) is 9.95. The second kappa shape index (κ2) is 8.46. The van der Waals surface area contributed by atoms with Crippen LogP contribution in [0, 0.1) is 5.92 Å². The highest BCUT2D eigenvalue weighted by Gasteiger charge is 2.25. The van der Waals surface area contributed by atoms with Crippen molar-refractivity contribution in [3.63, 3.8) is 0 Å². The van der Waals surface area contributed by atoms with E-state index >= 15 is 0 Å². The number of aliphatic hydroxyl groups excluding tert-OH is 1. The van der Waals surface area contributed by atoms with Crippen LogP contribution < -0.4 is 10.6 Å². The Labute approximate surface area is 124 Å². The van der Waals surface area contributed by atoms with Crippen LogP contribution >= 0.6 is 0 Å². The van der Waals surface area contributed by atoms with Gasteiger partial charge < -0.3 is 20.2 Å². The van der Waals surface area contributed by atoms with Crippen LogP contribution in [0.15, 0.2) is 22.8 Å². The Balaban J connectivity index is 2.56. The molecule has 1 heterocycles. The van der Waals surface area contributed by atoms with Crippen LogP contribution in [0.25, 0.3) is 0 Å². The molecule has 118 valence electrons. The maximum atomic E-state index is 12.1. The minimum Gasteiger partial charge on any atom is -0.459 e. The maximum Gasteiger partial charge on any atom is 0.287 e. The van der Waals surface area contributed by atoms with Gasteiger partial charge in [-0.3, -0.25) is 9.59 Å². The summed E-state index contributed by atoms with van der Waals surface area (Å²) in [5.74, 6) is -0.644. The topological polar surface area (TPSA) is 91.6 Å². The van der Waals surface area contributed by atoms with Crippen molar-refractivity contribution in [2.24, 2.45) is 5.92 Å². The van der Waals surface area contributed by atoms with E-state index in [0.717, 1.165) is 6.42 Å². The number of nitrogens with one attached hydrogen (secondary N) is 2. The normalized spacial score (nSPS) is 13.8. The predicted octanol–water partition coefficient (Wildman–Crippen LogP) is 1.31. The molecule has 0 aromatic carbocycles. The van der Waals surface area contributed by atoms with Crippen LogP contribution in [0.2, 0.25) is 0 Å². The van der Waals surface area contributed by atoms with Gasteiger partial charge in [-0.25, -0.2) is 0 Å². The molecule has 0 aliphatic rings. The number of carbonyl (C=O) groups excluding carboxylic acids is 2. The highest BCUT2D eigenvalue weighted by Crippen LogP contribution is 2.06. The maximum absolute atomic E-state index is 12.1. The molecule has 6 nitrogen and oxygen atoms in total. The lowest BCUT2D eigenvalue weighted by atomic mass is 10.0. The Kier molecular flexibility index (Phi) is 6.94. The number of hydrogen-bond acceptors (Lipinski definition) is 4. The number of hydrogen-bond donors (Lipinski definition) is 3. The standard InChI is InChI=1S/C15H24N2O4/c1-4-6-11(18)9-16-15(20)13(10(2)3)17-14(19)12-7-5-8-21-12/h5,7-8,10-11,13,18H,4,6,9H2,1-3H3,(H,16,20)(H,17,19). The number of carbonyl (C=O) groups is 2. The number of aliphatic hydroxyl groups is 1. The van der Waals surface area contributed by atoms with Gasteiger partial charge in [0, 0.05) is 6.54 Å². The molecule has 2 atom stereocenters. The van der Waals surface area contributed by atoms with Crippen molar-refractivity contribution in [1.82, 2.24) is 10.6 Å². The van der Waals surface area contributed by atoms with Crippen molar-refractivity contribution in [3.05, 3.63) is 24.2 Å². The molecule has 0 saturated carbocycles. The van der Waals surface area contributed by atoms with Crippen LogP contribution in [-0.2, 0) is 4.79 Å². The van der Waals surface area contributed by atoms with Gasteiger partial charge in [-0.05, 0) is 24.5 Å². The van der Waals surface area contributed by atoms with E-state index in [-0.39, 0.29) is 24.1 Å². The molecule has 0 fully saturated rings. The Hall–Kier alpha value is -1.82. The quantitative estimate of drug-likeness (QED) is 0.674.